The van der Waals surface area contributed by atoms with Crippen molar-refractivity contribution in [2.75, 3.05) is 4.90 Å². The second-order valence-electron chi connectivity index (χ2n) is 4.83. The van der Waals surface area contributed by atoms with Gasteiger partial charge in [-0.2, -0.15) is 0 Å². The highest BCUT2D eigenvalue weighted by Gasteiger charge is 2.36. The molecule has 4 nitrogen and oxygen atoms in total. The summed E-state index contributed by atoms with van der Waals surface area (Å²) in [6.07, 6.45) is 1.65. The van der Waals surface area contributed by atoms with E-state index < -0.39 is 0 Å². The van der Waals surface area contributed by atoms with Gasteiger partial charge >= 0.3 is 0 Å². The lowest BCUT2D eigenvalue weighted by Gasteiger charge is -2.12. The van der Waals surface area contributed by atoms with Gasteiger partial charge in [-0.15, -0.1) is 0 Å². The molecule has 122 valence electrons. The molecule has 0 unspecified atom stereocenters. The third kappa shape index (κ3) is 3.58. The molecular weight excluding hydrogens is 576 g/mol. The second kappa shape index (κ2) is 7.22. The van der Waals surface area contributed by atoms with E-state index in [4.69, 9.17) is 11.6 Å². The van der Waals surface area contributed by atoms with Crippen molar-refractivity contribution in [3.63, 3.8) is 0 Å². The number of phenols is 1. The van der Waals surface area contributed by atoms with Gasteiger partial charge in [-0.3, -0.25) is 9.59 Å². The molecule has 1 N–H and O–H groups in total. The van der Waals surface area contributed by atoms with Crippen molar-refractivity contribution in [1.82, 2.24) is 0 Å². The predicted molar refractivity (Wildman–Crippen MR) is 113 cm³/mol. The van der Waals surface area contributed by atoms with Gasteiger partial charge in [0.25, 0.3) is 11.1 Å². The Kier molecular flexibility index (Phi) is 5.42. The van der Waals surface area contributed by atoms with Crippen LogP contribution in [-0.2, 0) is 4.79 Å². The van der Waals surface area contributed by atoms with Crippen molar-refractivity contribution in [3.05, 3.63) is 59.0 Å². The Morgan fingerprint density at radius 3 is 2.42 bits per heavy atom. The summed E-state index contributed by atoms with van der Waals surface area (Å²) in [4.78, 5) is 26.3. The molecule has 2 aromatic carbocycles. The first-order chi connectivity index (χ1) is 11.4. The van der Waals surface area contributed by atoms with Crippen LogP contribution in [0.15, 0.2) is 41.3 Å². The number of halogens is 3. The van der Waals surface area contributed by atoms with Gasteiger partial charge in [0.2, 0.25) is 0 Å². The number of imide groups is 1. The molecule has 2 aromatic rings. The first kappa shape index (κ1) is 18.0. The van der Waals surface area contributed by atoms with Crippen molar-refractivity contribution < 1.29 is 14.7 Å². The molecule has 0 aliphatic carbocycles. The van der Waals surface area contributed by atoms with Gasteiger partial charge < -0.3 is 5.11 Å². The van der Waals surface area contributed by atoms with E-state index >= 15 is 0 Å². The highest BCUT2D eigenvalue weighted by Crippen LogP contribution is 2.37. The summed E-state index contributed by atoms with van der Waals surface area (Å²) in [5, 5.41) is 9.91. The van der Waals surface area contributed by atoms with E-state index in [1.807, 2.05) is 45.2 Å². The van der Waals surface area contributed by atoms with Gasteiger partial charge in [0, 0.05) is 5.02 Å². The Hall–Kier alpha value is -0.780. The number of anilines is 1. The number of hydrogen-bond donors (Lipinski definition) is 1. The highest BCUT2D eigenvalue weighted by atomic mass is 127. The molecule has 0 radical (unpaired) electrons. The highest BCUT2D eigenvalue weighted by molar-refractivity contribution is 14.1. The molecule has 0 aromatic heterocycles. The first-order valence-electron chi connectivity index (χ1n) is 6.58. The molecule has 0 spiro atoms. The third-order valence-electron chi connectivity index (χ3n) is 3.20. The van der Waals surface area contributed by atoms with Crippen LogP contribution in [0.4, 0.5) is 10.5 Å². The van der Waals surface area contributed by atoms with Crippen molar-refractivity contribution >= 4 is 91.5 Å². The van der Waals surface area contributed by atoms with Crippen molar-refractivity contribution in [1.29, 1.82) is 0 Å². The van der Waals surface area contributed by atoms with Crippen LogP contribution in [0.25, 0.3) is 6.08 Å². The van der Waals surface area contributed by atoms with Crippen LogP contribution in [0.2, 0.25) is 5.02 Å². The molecular formula is C16H8ClI2NO3S. The monoisotopic (exact) mass is 583 g/mol. The minimum atomic E-state index is -0.384. The minimum Gasteiger partial charge on any atom is -0.506 e. The summed E-state index contributed by atoms with van der Waals surface area (Å²) in [6, 6.07) is 10.1. The molecule has 1 aliphatic rings. The minimum absolute atomic E-state index is 0.209. The average Bonchev–Trinajstić information content (AvgIpc) is 2.79. The molecule has 0 bridgehead atoms. The van der Waals surface area contributed by atoms with Crippen LogP contribution < -0.4 is 4.90 Å². The Balaban J connectivity index is 1.97. The normalized spacial score (nSPS) is 16.3. The maximum atomic E-state index is 12.6. The van der Waals surface area contributed by atoms with E-state index in [9.17, 15) is 14.7 Å². The van der Waals surface area contributed by atoms with Crippen LogP contribution >= 0.6 is 68.5 Å². The molecule has 8 heteroatoms. The smallest absolute Gasteiger partial charge is 0.298 e. The topological polar surface area (TPSA) is 57.6 Å². The van der Waals surface area contributed by atoms with Crippen molar-refractivity contribution in [2.24, 2.45) is 0 Å². The van der Waals surface area contributed by atoms with Crippen LogP contribution in [0.1, 0.15) is 5.56 Å². The summed E-state index contributed by atoms with van der Waals surface area (Å²) in [6.45, 7) is 0. The fourth-order valence-corrected chi connectivity index (χ4v) is 4.97. The molecule has 0 saturated carbocycles. The predicted octanol–water partition coefficient (Wildman–Crippen LogP) is 5.50. The second-order valence-corrected chi connectivity index (χ2v) is 8.58. The van der Waals surface area contributed by atoms with Crippen molar-refractivity contribution in [2.45, 2.75) is 0 Å². The van der Waals surface area contributed by atoms with Crippen LogP contribution in [-0.4, -0.2) is 16.3 Å². The Morgan fingerprint density at radius 2 is 1.79 bits per heavy atom. The molecule has 0 atom stereocenters. The molecule has 1 saturated heterocycles. The molecule has 1 fully saturated rings. The standard InChI is InChI=1S/C16H8ClI2NO3S/c17-9-2-1-3-10(7-9)20-15(22)13(24-16(20)23)6-8-4-11(18)14(21)12(19)5-8/h1-7,21H/b13-6+. The van der Waals surface area contributed by atoms with Gasteiger partial charge in [-0.25, -0.2) is 4.90 Å². The zero-order valence-corrected chi connectivity index (χ0v) is 17.7. The van der Waals surface area contributed by atoms with Gasteiger partial charge in [0.1, 0.15) is 5.75 Å². The number of aromatic hydroxyl groups is 1. The van der Waals surface area contributed by atoms with Gasteiger partial charge in [-0.05, 0) is 98.9 Å². The zero-order valence-electron chi connectivity index (χ0n) is 11.8. The maximum Gasteiger partial charge on any atom is 0.298 e. The Labute approximate surface area is 174 Å². The lowest BCUT2D eigenvalue weighted by molar-refractivity contribution is -0.113. The molecule has 3 rings (SSSR count). The molecule has 1 aliphatic heterocycles. The number of thioether (sulfide) groups is 1. The number of hydrogen-bond acceptors (Lipinski definition) is 4. The van der Waals surface area contributed by atoms with E-state index in [-0.39, 0.29) is 16.9 Å². The molecule has 24 heavy (non-hydrogen) atoms. The maximum absolute atomic E-state index is 12.6. The lowest BCUT2D eigenvalue weighted by atomic mass is 10.2. The van der Waals surface area contributed by atoms with Crippen LogP contribution in [0.5, 0.6) is 5.75 Å². The van der Waals surface area contributed by atoms with Gasteiger partial charge in [-0.1, -0.05) is 17.7 Å². The number of carbonyl (C=O) groups is 2. The summed E-state index contributed by atoms with van der Waals surface area (Å²) in [7, 11) is 0. The average molecular weight is 584 g/mol. The Morgan fingerprint density at radius 1 is 1.12 bits per heavy atom. The van der Waals surface area contributed by atoms with Crippen molar-refractivity contribution in [3.8, 4) is 5.75 Å². The summed E-state index contributed by atoms with van der Waals surface area (Å²) >= 11 is 10.9. The van der Waals surface area contributed by atoms with E-state index in [0.29, 0.717) is 22.8 Å². The number of nitrogens with zero attached hydrogens (tertiary/aromatic N) is 1. The lowest BCUT2D eigenvalue weighted by Crippen LogP contribution is -2.27. The van der Waals surface area contributed by atoms with Crippen LogP contribution in [0, 0.1) is 7.14 Å². The fourth-order valence-electron chi connectivity index (χ4n) is 2.13. The zero-order chi connectivity index (χ0) is 17.4. The summed E-state index contributed by atoms with van der Waals surface area (Å²) in [5.41, 5.74) is 1.20. The quantitative estimate of drug-likeness (QED) is 0.375. The van der Waals surface area contributed by atoms with E-state index in [0.717, 1.165) is 22.2 Å². The number of rotatable bonds is 2. The largest absolute Gasteiger partial charge is 0.506 e. The fraction of sp³-hybridized carbons (Fsp3) is 0. The third-order valence-corrected chi connectivity index (χ3v) is 5.95. The number of benzene rings is 2. The first-order valence-corrected chi connectivity index (χ1v) is 9.93. The van der Waals surface area contributed by atoms with E-state index in [1.54, 1.807) is 42.5 Å². The van der Waals surface area contributed by atoms with E-state index in [2.05, 4.69) is 0 Å². The Bertz CT molecular complexity index is 878. The SMILES string of the molecule is O=C1S/C(=C/c2cc(I)c(O)c(I)c2)C(=O)N1c1cccc(Cl)c1. The van der Waals surface area contributed by atoms with E-state index in [1.165, 1.54) is 0 Å². The summed E-state index contributed by atoms with van der Waals surface area (Å²) < 4.78 is 1.36. The van der Waals surface area contributed by atoms with Crippen LogP contribution in [0.3, 0.4) is 0 Å². The van der Waals surface area contributed by atoms with Gasteiger partial charge in [0.05, 0.1) is 17.7 Å². The summed E-state index contributed by atoms with van der Waals surface area (Å²) in [5.74, 6) is -0.175. The molecule has 1 heterocycles. The number of amides is 2. The number of phenolic OH excluding ortho intramolecular Hbond substituents is 1. The molecule has 2 amide bonds. The number of carbonyl (C=O) groups excluding carboxylic acids is 2. The van der Waals surface area contributed by atoms with Gasteiger partial charge in [0.15, 0.2) is 0 Å².